The van der Waals surface area contributed by atoms with Gasteiger partial charge in [-0.1, -0.05) is 0 Å². The molecule has 186 valence electrons. The summed E-state index contributed by atoms with van der Waals surface area (Å²) in [7, 11) is 0. The van der Waals surface area contributed by atoms with Gasteiger partial charge in [0.1, 0.15) is 17.0 Å². The zero-order chi connectivity index (χ0) is 24.7. The molecule has 2 aliphatic carbocycles. The van der Waals surface area contributed by atoms with Crippen LogP contribution in [0.25, 0.3) is 11.2 Å². The number of amides is 1. The van der Waals surface area contributed by atoms with Gasteiger partial charge in [0.25, 0.3) is 0 Å². The van der Waals surface area contributed by atoms with Gasteiger partial charge in [-0.3, -0.25) is 9.36 Å². The maximum atomic E-state index is 14.4. The third-order valence-corrected chi connectivity index (χ3v) is 6.93. The van der Waals surface area contributed by atoms with E-state index in [1.54, 1.807) is 4.57 Å². The summed E-state index contributed by atoms with van der Waals surface area (Å²) in [5.74, 6) is -3.37. The molecule has 12 heteroatoms. The first-order valence-corrected chi connectivity index (χ1v) is 11.7. The first-order valence-electron chi connectivity index (χ1n) is 11.7. The van der Waals surface area contributed by atoms with Crippen LogP contribution in [-0.4, -0.2) is 42.7 Å². The number of carbonyl (C=O) groups excluding carboxylic acids is 1. The van der Waals surface area contributed by atoms with Crippen molar-refractivity contribution in [2.75, 3.05) is 10.6 Å². The van der Waals surface area contributed by atoms with Crippen molar-refractivity contribution in [3.05, 3.63) is 35.8 Å². The Hall–Kier alpha value is -3.41. The molecule has 0 aliphatic heterocycles. The molecule has 3 aromatic rings. The molecule has 2 aliphatic rings. The largest absolute Gasteiger partial charge is 0.391 e. The highest BCUT2D eigenvalue weighted by molar-refractivity contribution is 5.78. The minimum absolute atomic E-state index is 0.124. The predicted molar refractivity (Wildman–Crippen MR) is 122 cm³/mol. The van der Waals surface area contributed by atoms with E-state index in [1.165, 1.54) is 6.20 Å². The highest BCUT2D eigenvalue weighted by Crippen LogP contribution is 2.37. The van der Waals surface area contributed by atoms with E-state index in [-0.39, 0.29) is 29.9 Å². The van der Waals surface area contributed by atoms with Crippen molar-refractivity contribution in [2.24, 2.45) is 11.7 Å². The molecule has 1 amide bonds. The number of nitrogens with zero attached hydrogens (tertiary/aromatic N) is 4. The van der Waals surface area contributed by atoms with Crippen molar-refractivity contribution in [1.82, 2.24) is 19.5 Å². The molecule has 0 radical (unpaired) electrons. The molecule has 1 aromatic carbocycles. The van der Waals surface area contributed by atoms with Crippen LogP contribution in [0.2, 0.25) is 0 Å². The smallest absolute Gasteiger partial charge is 0.225 e. The summed E-state index contributed by atoms with van der Waals surface area (Å²) in [6.45, 7) is 0. The van der Waals surface area contributed by atoms with Crippen LogP contribution < -0.4 is 16.4 Å². The van der Waals surface area contributed by atoms with Gasteiger partial charge in [-0.05, 0) is 44.9 Å². The van der Waals surface area contributed by atoms with Crippen LogP contribution in [0.1, 0.15) is 51.0 Å². The number of benzene rings is 1. The fraction of sp³-hybridized carbons (Fsp3) is 0.478. The summed E-state index contributed by atoms with van der Waals surface area (Å²) in [5, 5.41) is 16.0. The molecule has 0 bridgehead atoms. The summed E-state index contributed by atoms with van der Waals surface area (Å²) in [6.07, 6.45) is 5.66. The molecule has 2 saturated carbocycles. The van der Waals surface area contributed by atoms with Crippen molar-refractivity contribution in [2.45, 2.75) is 63.1 Å². The number of hydrogen-bond acceptors (Lipinski definition) is 7. The summed E-state index contributed by atoms with van der Waals surface area (Å²) in [5.41, 5.74) is 5.77. The van der Waals surface area contributed by atoms with Crippen molar-refractivity contribution in [3.63, 3.8) is 0 Å². The molecule has 2 fully saturated rings. The van der Waals surface area contributed by atoms with Gasteiger partial charge in [0.15, 0.2) is 17.3 Å². The van der Waals surface area contributed by atoms with E-state index in [0.717, 1.165) is 12.8 Å². The second kappa shape index (κ2) is 9.33. The predicted octanol–water partition coefficient (Wildman–Crippen LogP) is 3.53. The summed E-state index contributed by atoms with van der Waals surface area (Å²) in [4.78, 5) is 25.0. The molecule has 0 spiro atoms. The van der Waals surface area contributed by atoms with Gasteiger partial charge in [-0.15, -0.1) is 0 Å². The normalized spacial score (nSPS) is 24.6. The number of aliphatic hydroxyl groups is 1. The average molecular weight is 490 g/mol. The highest BCUT2D eigenvalue weighted by atomic mass is 19.1. The molecule has 5 N–H and O–H groups in total. The van der Waals surface area contributed by atoms with Crippen LogP contribution in [0.5, 0.6) is 0 Å². The second-order valence-electron chi connectivity index (χ2n) is 9.23. The average Bonchev–Trinajstić information content (AvgIpc) is 3.38. The van der Waals surface area contributed by atoms with E-state index >= 15 is 0 Å². The molecule has 9 nitrogen and oxygen atoms in total. The SMILES string of the molecule is NC(=O)C1CCC(n2c(Nc3c(F)cc(F)cc3F)nc3cnc(N[C@@H]4CCC[C@H]4O)nc32)CC1. The van der Waals surface area contributed by atoms with Crippen LogP contribution in [-0.2, 0) is 4.79 Å². The van der Waals surface area contributed by atoms with Crippen molar-refractivity contribution in [1.29, 1.82) is 0 Å². The Labute approximate surface area is 199 Å². The summed E-state index contributed by atoms with van der Waals surface area (Å²) < 4.78 is 44.0. The van der Waals surface area contributed by atoms with Gasteiger partial charge in [0.2, 0.25) is 17.8 Å². The van der Waals surface area contributed by atoms with Crippen LogP contribution in [0.3, 0.4) is 0 Å². The zero-order valence-electron chi connectivity index (χ0n) is 18.8. The van der Waals surface area contributed by atoms with Gasteiger partial charge in [0, 0.05) is 24.1 Å². The molecule has 2 aromatic heterocycles. The lowest BCUT2D eigenvalue weighted by molar-refractivity contribution is -0.122. The third kappa shape index (κ3) is 4.62. The van der Waals surface area contributed by atoms with Gasteiger partial charge in [-0.25, -0.2) is 23.1 Å². The number of aliphatic hydroxyl groups excluding tert-OH is 1. The van der Waals surface area contributed by atoms with Gasteiger partial charge in [-0.2, -0.15) is 4.98 Å². The van der Waals surface area contributed by atoms with E-state index in [1.807, 2.05) is 0 Å². The van der Waals surface area contributed by atoms with Crippen molar-refractivity contribution in [3.8, 4) is 0 Å². The first-order chi connectivity index (χ1) is 16.8. The third-order valence-electron chi connectivity index (χ3n) is 6.93. The summed E-state index contributed by atoms with van der Waals surface area (Å²) >= 11 is 0. The Morgan fingerprint density at radius 1 is 1.06 bits per heavy atom. The molecule has 35 heavy (non-hydrogen) atoms. The molecule has 2 atom stereocenters. The van der Waals surface area contributed by atoms with E-state index in [2.05, 4.69) is 25.6 Å². The number of aromatic nitrogens is 4. The number of nitrogens with two attached hydrogens (primary N) is 1. The number of hydrogen-bond donors (Lipinski definition) is 4. The number of primary amides is 1. The lowest BCUT2D eigenvalue weighted by atomic mass is 9.85. The van der Waals surface area contributed by atoms with E-state index < -0.39 is 29.2 Å². The van der Waals surface area contributed by atoms with E-state index in [4.69, 9.17) is 5.73 Å². The maximum absolute atomic E-state index is 14.4. The van der Waals surface area contributed by atoms with E-state index in [0.29, 0.717) is 61.3 Å². The van der Waals surface area contributed by atoms with Crippen LogP contribution in [0.15, 0.2) is 18.3 Å². The van der Waals surface area contributed by atoms with Crippen molar-refractivity contribution < 1.29 is 23.1 Å². The minimum Gasteiger partial charge on any atom is -0.391 e. The van der Waals surface area contributed by atoms with Gasteiger partial charge >= 0.3 is 0 Å². The fourth-order valence-corrected chi connectivity index (χ4v) is 5.06. The Balaban J connectivity index is 1.54. The standard InChI is InChI=1S/C23H26F3N7O2/c24-12-8-14(25)19(15(26)9-12)31-23-30-17-10-28-22(29-16-2-1-3-18(16)34)32-21(17)33(23)13-6-4-11(5-7-13)20(27)35/h8-11,13,16,18,34H,1-7H2,(H2,27,35)(H,30,31)(H,28,29,32)/t11?,13?,16-,18-/m1/s1. The van der Waals surface area contributed by atoms with Crippen molar-refractivity contribution >= 4 is 34.7 Å². The monoisotopic (exact) mass is 489 g/mol. The van der Waals surface area contributed by atoms with Gasteiger partial charge in [0.05, 0.1) is 18.3 Å². The number of anilines is 3. The fourth-order valence-electron chi connectivity index (χ4n) is 5.06. The number of halogens is 3. The number of imidazole rings is 1. The molecule has 0 unspecified atom stereocenters. The number of rotatable bonds is 6. The molecule has 2 heterocycles. The van der Waals surface area contributed by atoms with Crippen LogP contribution >= 0.6 is 0 Å². The molecular weight excluding hydrogens is 463 g/mol. The Morgan fingerprint density at radius 3 is 2.40 bits per heavy atom. The zero-order valence-corrected chi connectivity index (χ0v) is 18.8. The number of nitrogens with one attached hydrogen (secondary N) is 2. The maximum Gasteiger partial charge on any atom is 0.225 e. The highest BCUT2D eigenvalue weighted by Gasteiger charge is 2.30. The summed E-state index contributed by atoms with van der Waals surface area (Å²) in [6, 6.07) is 0.829. The van der Waals surface area contributed by atoms with E-state index in [9.17, 15) is 23.1 Å². The minimum atomic E-state index is -1.10. The molecular formula is C23H26F3N7O2. The molecule has 0 saturated heterocycles. The van der Waals surface area contributed by atoms with Crippen LogP contribution in [0.4, 0.5) is 30.8 Å². The number of carbonyl (C=O) groups is 1. The Bertz CT molecular complexity index is 1240. The Kier molecular flexibility index (Phi) is 6.22. The second-order valence-corrected chi connectivity index (χ2v) is 9.23. The quantitative estimate of drug-likeness (QED) is 0.417. The number of fused-ring (bicyclic) bond motifs is 1. The Morgan fingerprint density at radius 2 is 1.77 bits per heavy atom. The lowest BCUT2D eigenvalue weighted by Crippen LogP contribution is -2.29. The lowest BCUT2D eigenvalue weighted by Gasteiger charge is -2.29. The molecule has 5 rings (SSSR count). The first kappa shape index (κ1) is 23.3. The topological polar surface area (TPSA) is 131 Å². The van der Waals surface area contributed by atoms with Gasteiger partial charge < -0.3 is 21.5 Å². The van der Waals surface area contributed by atoms with Crippen LogP contribution in [0, 0.1) is 23.4 Å².